The summed E-state index contributed by atoms with van der Waals surface area (Å²) in [5, 5.41) is 23.9. The van der Waals surface area contributed by atoms with E-state index in [0.29, 0.717) is 6.42 Å². The topological polar surface area (TPSA) is 111 Å². The lowest BCUT2D eigenvalue weighted by atomic mass is 10.1. The molecule has 4 atom stereocenters. The van der Waals surface area contributed by atoms with E-state index >= 15 is 0 Å². The Morgan fingerprint density at radius 1 is 1.27 bits per heavy atom. The van der Waals surface area contributed by atoms with Crippen molar-refractivity contribution in [3.05, 3.63) is 35.9 Å². The normalized spacial score (nSPS) is 23.6. The molecular formula is C15H21N3O4. The molecule has 1 aliphatic heterocycles. The van der Waals surface area contributed by atoms with Gasteiger partial charge in [-0.15, -0.1) is 0 Å². The highest BCUT2D eigenvalue weighted by Crippen LogP contribution is 2.26. The van der Waals surface area contributed by atoms with Crippen molar-refractivity contribution in [2.24, 2.45) is 0 Å². The standard InChI is InChI=1S/C15H21N3O4/c1-9(19)13(15(21)18-22)17-14(20)12-8-7-11(16-12)10-5-3-2-4-6-10/h2-6,9,11-13,16,19,22H,7-8H2,1H3,(H,17,20)(H,18,21)/t9-,11-,12-,13+/m1/s1. The van der Waals surface area contributed by atoms with Gasteiger partial charge in [-0.2, -0.15) is 0 Å². The van der Waals surface area contributed by atoms with Crippen LogP contribution >= 0.6 is 0 Å². The molecule has 0 spiro atoms. The molecule has 1 heterocycles. The first-order chi connectivity index (χ1) is 10.5. The highest BCUT2D eigenvalue weighted by Gasteiger charge is 2.33. The number of aliphatic hydroxyl groups excluding tert-OH is 1. The third kappa shape index (κ3) is 3.82. The van der Waals surface area contributed by atoms with E-state index < -0.39 is 24.1 Å². The number of aliphatic hydroxyl groups is 1. The van der Waals surface area contributed by atoms with Crippen LogP contribution in [0.1, 0.15) is 31.4 Å². The van der Waals surface area contributed by atoms with E-state index in [2.05, 4.69) is 10.6 Å². The maximum atomic E-state index is 12.2. The van der Waals surface area contributed by atoms with Gasteiger partial charge < -0.3 is 10.4 Å². The first kappa shape index (κ1) is 16.4. The Morgan fingerprint density at radius 2 is 1.95 bits per heavy atom. The summed E-state index contributed by atoms with van der Waals surface area (Å²) in [6, 6.07) is 8.29. The first-order valence-electron chi connectivity index (χ1n) is 7.26. The SMILES string of the molecule is C[C@@H](O)[C@H](NC(=O)[C@H]1CC[C@H](c2ccccc2)N1)C(=O)NO. The highest BCUT2D eigenvalue weighted by atomic mass is 16.5. The molecule has 0 bridgehead atoms. The maximum Gasteiger partial charge on any atom is 0.268 e. The molecule has 1 aromatic rings. The van der Waals surface area contributed by atoms with Crippen LogP contribution in [-0.2, 0) is 9.59 Å². The summed E-state index contributed by atoms with van der Waals surface area (Å²) in [4.78, 5) is 23.6. The molecule has 1 saturated heterocycles. The minimum Gasteiger partial charge on any atom is -0.391 e. The molecule has 0 aromatic heterocycles. The molecule has 0 radical (unpaired) electrons. The summed E-state index contributed by atoms with van der Waals surface area (Å²) in [6.07, 6.45) is 0.342. The van der Waals surface area contributed by atoms with Crippen LogP contribution in [0.2, 0.25) is 0 Å². The van der Waals surface area contributed by atoms with Gasteiger partial charge in [0.1, 0.15) is 6.04 Å². The molecule has 120 valence electrons. The number of nitrogens with one attached hydrogen (secondary N) is 3. The molecule has 22 heavy (non-hydrogen) atoms. The fourth-order valence-electron chi connectivity index (χ4n) is 2.63. The van der Waals surface area contributed by atoms with Crippen LogP contribution in [-0.4, -0.2) is 40.3 Å². The lowest BCUT2D eigenvalue weighted by Crippen LogP contribution is -2.55. The van der Waals surface area contributed by atoms with Crippen LogP contribution in [0, 0.1) is 0 Å². The quantitative estimate of drug-likeness (QED) is 0.384. The molecule has 0 aliphatic carbocycles. The Morgan fingerprint density at radius 3 is 2.55 bits per heavy atom. The Hall–Kier alpha value is -1.96. The van der Waals surface area contributed by atoms with Gasteiger partial charge in [-0.05, 0) is 25.3 Å². The molecule has 0 unspecified atom stereocenters. The van der Waals surface area contributed by atoms with E-state index in [4.69, 9.17) is 5.21 Å². The number of hydrogen-bond donors (Lipinski definition) is 5. The predicted octanol–water partition coefficient (Wildman–Crippen LogP) is -0.149. The van der Waals surface area contributed by atoms with Gasteiger partial charge in [0.25, 0.3) is 5.91 Å². The average Bonchev–Trinajstić information content (AvgIpc) is 3.02. The third-order valence-corrected chi connectivity index (χ3v) is 3.84. The molecular weight excluding hydrogens is 286 g/mol. The fraction of sp³-hybridized carbons (Fsp3) is 0.467. The predicted molar refractivity (Wildman–Crippen MR) is 78.9 cm³/mol. The average molecular weight is 307 g/mol. The molecule has 0 saturated carbocycles. The van der Waals surface area contributed by atoms with Crippen LogP contribution in [0.25, 0.3) is 0 Å². The van der Waals surface area contributed by atoms with Crippen molar-refractivity contribution >= 4 is 11.8 Å². The van der Waals surface area contributed by atoms with Crippen LogP contribution in [0.4, 0.5) is 0 Å². The number of carbonyl (C=O) groups excluding carboxylic acids is 2. The zero-order valence-corrected chi connectivity index (χ0v) is 12.3. The largest absolute Gasteiger partial charge is 0.391 e. The second-order valence-electron chi connectivity index (χ2n) is 5.46. The lowest BCUT2D eigenvalue weighted by molar-refractivity contribution is -0.138. The van der Waals surface area contributed by atoms with Crippen LogP contribution in [0.3, 0.4) is 0 Å². The monoisotopic (exact) mass is 307 g/mol. The number of hydroxylamine groups is 1. The van der Waals surface area contributed by atoms with Crippen molar-refractivity contribution in [1.82, 2.24) is 16.1 Å². The van der Waals surface area contributed by atoms with Crippen LogP contribution < -0.4 is 16.1 Å². The van der Waals surface area contributed by atoms with E-state index in [1.54, 1.807) is 0 Å². The van der Waals surface area contributed by atoms with E-state index in [0.717, 1.165) is 12.0 Å². The summed E-state index contributed by atoms with van der Waals surface area (Å²) in [5.74, 6) is -1.21. The number of hydrogen-bond acceptors (Lipinski definition) is 5. The van der Waals surface area contributed by atoms with Gasteiger partial charge in [-0.25, -0.2) is 5.48 Å². The van der Waals surface area contributed by atoms with Crippen LogP contribution in [0.15, 0.2) is 30.3 Å². The van der Waals surface area contributed by atoms with Gasteiger partial charge in [0, 0.05) is 6.04 Å². The number of carbonyl (C=O) groups is 2. The molecule has 1 aliphatic rings. The summed E-state index contributed by atoms with van der Waals surface area (Å²) >= 11 is 0. The Bertz CT molecular complexity index is 521. The van der Waals surface area contributed by atoms with E-state index in [-0.39, 0.29) is 11.9 Å². The number of amides is 2. The summed E-state index contributed by atoms with van der Waals surface area (Å²) < 4.78 is 0. The fourth-order valence-corrected chi connectivity index (χ4v) is 2.63. The van der Waals surface area contributed by atoms with Gasteiger partial charge in [-0.1, -0.05) is 30.3 Å². The van der Waals surface area contributed by atoms with Crippen molar-refractivity contribution in [3.63, 3.8) is 0 Å². The van der Waals surface area contributed by atoms with Crippen LogP contribution in [0.5, 0.6) is 0 Å². The second-order valence-corrected chi connectivity index (χ2v) is 5.46. The second kappa shape index (κ2) is 7.35. The molecule has 5 N–H and O–H groups in total. The first-order valence-corrected chi connectivity index (χ1v) is 7.26. The molecule has 7 nitrogen and oxygen atoms in total. The molecule has 2 amide bonds. The van der Waals surface area contributed by atoms with Crippen molar-refractivity contribution in [2.75, 3.05) is 0 Å². The summed E-state index contributed by atoms with van der Waals surface area (Å²) in [6.45, 7) is 1.37. The van der Waals surface area contributed by atoms with Gasteiger partial charge >= 0.3 is 0 Å². The van der Waals surface area contributed by atoms with Gasteiger partial charge in [0.2, 0.25) is 5.91 Å². The van der Waals surface area contributed by atoms with E-state index in [9.17, 15) is 14.7 Å². The Kier molecular flexibility index (Phi) is 5.48. The minimum atomic E-state index is -1.19. The van der Waals surface area contributed by atoms with Gasteiger partial charge in [0.15, 0.2) is 0 Å². The molecule has 7 heteroatoms. The van der Waals surface area contributed by atoms with E-state index in [1.165, 1.54) is 12.4 Å². The lowest BCUT2D eigenvalue weighted by Gasteiger charge is -2.22. The summed E-state index contributed by atoms with van der Waals surface area (Å²) in [5.41, 5.74) is 2.55. The van der Waals surface area contributed by atoms with Crippen molar-refractivity contribution in [1.29, 1.82) is 0 Å². The molecule has 2 rings (SSSR count). The summed E-state index contributed by atoms with van der Waals surface area (Å²) in [7, 11) is 0. The number of rotatable bonds is 5. The zero-order chi connectivity index (χ0) is 16.1. The Labute approximate surface area is 128 Å². The maximum absolute atomic E-state index is 12.2. The molecule has 1 fully saturated rings. The van der Waals surface area contributed by atoms with Crippen molar-refractivity contribution < 1.29 is 19.9 Å². The number of benzene rings is 1. The van der Waals surface area contributed by atoms with E-state index in [1.807, 2.05) is 30.3 Å². The smallest absolute Gasteiger partial charge is 0.268 e. The van der Waals surface area contributed by atoms with Gasteiger partial charge in [0.05, 0.1) is 12.1 Å². The Balaban J connectivity index is 1.95. The minimum absolute atomic E-state index is 0.0913. The molecule has 1 aromatic carbocycles. The zero-order valence-electron chi connectivity index (χ0n) is 12.3. The van der Waals surface area contributed by atoms with Gasteiger partial charge in [-0.3, -0.25) is 20.1 Å². The highest BCUT2D eigenvalue weighted by molar-refractivity contribution is 5.89. The third-order valence-electron chi connectivity index (χ3n) is 3.84. The van der Waals surface area contributed by atoms with Crippen molar-refractivity contribution in [2.45, 2.75) is 44.0 Å². The van der Waals surface area contributed by atoms with Crippen molar-refractivity contribution in [3.8, 4) is 0 Å².